The molecule has 2 aromatic heterocycles. The molecule has 0 aromatic carbocycles. The van der Waals surface area contributed by atoms with Gasteiger partial charge in [0, 0.05) is 13.6 Å². The third-order valence-corrected chi connectivity index (χ3v) is 4.20. The van der Waals surface area contributed by atoms with Gasteiger partial charge in [-0.25, -0.2) is 15.0 Å². The molecule has 0 spiro atoms. The molecule has 0 radical (unpaired) electrons. The number of fused-ring (bicyclic) bond motifs is 1. The summed E-state index contributed by atoms with van der Waals surface area (Å²) in [4.78, 5) is 29.2. The van der Waals surface area contributed by atoms with Gasteiger partial charge >= 0.3 is 0 Å². The summed E-state index contributed by atoms with van der Waals surface area (Å²) < 4.78 is 0. The van der Waals surface area contributed by atoms with E-state index in [4.69, 9.17) is 0 Å². The van der Waals surface area contributed by atoms with Crippen molar-refractivity contribution in [2.45, 2.75) is 25.3 Å². The second-order valence-electron chi connectivity index (χ2n) is 4.86. The van der Waals surface area contributed by atoms with Gasteiger partial charge in [0.25, 0.3) is 0 Å². The topological polar surface area (TPSA) is 74.8 Å². The number of nitrogens with one attached hydrogen (secondary N) is 1. The lowest BCUT2D eigenvalue weighted by Gasteiger charge is -2.20. The van der Waals surface area contributed by atoms with E-state index in [0.29, 0.717) is 17.3 Å². The number of hydrogen-bond acceptors (Lipinski definition) is 5. The summed E-state index contributed by atoms with van der Waals surface area (Å²) in [6, 6.07) is 0. The van der Waals surface area contributed by atoms with Crippen LogP contribution in [0.25, 0.3) is 11.2 Å². The third kappa shape index (κ3) is 3.47. The Balaban J connectivity index is 1.95. The first-order valence-electron chi connectivity index (χ1n) is 6.62. The van der Waals surface area contributed by atoms with E-state index in [2.05, 4.69) is 33.8 Å². The van der Waals surface area contributed by atoms with E-state index in [-0.39, 0.29) is 5.91 Å². The molecule has 2 heterocycles. The molecule has 0 aliphatic rings. The van der Waals surface area contributed by atoms with E-state index < -0.39 is 0 Å². The molecule has 0 saturated carbocycles. The highest BCUT2D eigenvalue weighted by molar-refractivity contribution is 8.00. The van der Waals surface area contributed by atoms with E-state index in [1.165, 1.54) is 18.1 Å². The van der Waals surface area contributed by atoms with Crippen LogP contribution in [0, 0.1) is 5.92 Å². The molecule has 0 bridgehead atoms. The lowest BCUT2D eigenvalue weighted by Crippen LogP contribution is -2.32. The zero-order chi connectivity index (χ0) is 14.5. The summed E-state index contributed by atoms with van der Waals surface area (Å²) in [7, 11) is 1.85. The van der Waals surface area contributed by atoms with Crippen LogP contribution in [0.2, 0.25) is 0 Å². The Bertz CT molecular complexity index is 585. The average Bonchev–Trinajstić information content (AvgIpc) is 2.93. The van der Waals surface area contributed by atoms with Crippen LogP contribution in [0.4, 0.5) is 0 Å². The highest BCUT2D eigenvalue weighted by atomic mass is 32.2. The number of H-pyrrole nitrogens is 1. The monoisotopic (exact) mass is 293 g/mol. The van der Waals surface area contributed by atoms with Gasteiger partial charge in [0.2, 0.25) is 5.91 Å². The van der Waals surface area contributed by atoms with Crippen LogP contribution >= 0.6 is 11.8 Å². The first-order chi connectivity index (χ1) is 9.61. The van der Waals surface area contributed by atoms with Crippen molar-refractivity contribution < 1.29 is 4.79 Å². The Labute approximate surface area is 122 Å². The third-order valence-electron chi connectivity index (χ3n) is 3.23. The van der Waals surface area contributed by atoms with Gasteiger partial charge in [0.15, 0.2) is 5.65 Å². The van der Waals surface area contributed by atoms with Crippen molar-refractivity contribution in [3.63, 3.8) is 0 Å². The molecule has 0 aliphatic heterocycles. The summed E-state index contributed by atoms with van der Waals surface area (Å²) in [6.45, 7) is 5.07. The van der Waals surface area contributed by atoms with Crippen molar-refractivity contribution in [2.24, 2.45) is 5.92 Å². The Morgan fingerprint density at radius 1 is 1.45 bits per heavy atom. The van der Waals surface area contributed by atoms with E-state index in [1.807, 2.05) is 7.05 Å². The predicted octanol–water partition coefficient (Wildman–Crippen LogP) is 1.95. The lowest BCUT2D eigenvalue weighted by atomic mass is 10.1. The molecule has 1 atom stereocenters. The zero-order valence-corrected chi connectivity index (χ0v) is 12.8. The van der Waals surface area contributed by atoms with E-state index in [9.17, 15) is 4.79 Å². The molecular weight excluding hydrogens is 274 g/mol. The number of imidazole rings is 1. The normalized spacial score (nSPS) is 12.6. The molecule has 1 N–H and O–H groups in total. The van der Waals surface area contributed by atoms with Gasteiger partial charge in [-0.2, -0.15) is 0 Å². The zero-order valence-electron chi connectivity index (χ0n) is 12.0. The second-order valence-corrected chi connectivity index (χ2v) is 5.82. The molecule has 108 valence electrons. The Kier molecular flexibility index (Phi) is 4.94. The molecule has 20 heavy (non-hydrogen) atoms. The summed E-state index contributed by atoms with van der Waals surface area (Å²) in [5.41, 5.74) is 1.41. The molecule has 1 amide bonds. The molecule has 7 heteroatoms. The molecular formula is C13H19N5OS. The van der Waals surface area contributed by atoms with Crippen molar-refractivity contribution in [3.8, 4) is 0 Å². The molecule has 0 fully saturated rings. The van der Waals surface area contributed by atoms with Crippen molar-refractivity contribution in [1.82, 2.24) is 24.8 Å². The number of thioether (sulfide) groups is 1. The van der Waals surface area contributed by atoms with Crippen molar-refractivity contribution in [3.05, 3.63) is 12.7 Å². The molecule has 0 saturated heterocycles. The van der Waals surface area contributed by atoms with Crippen LogP contribution < -0.4 is 0 Å². The fourth-order valence-electron chi connectivity index (χ4n) is 1.79. The smallest absolute Gasteiger partial charge is 0.232 e. The van der Waals surface area contributed by atoms with Crippen molar-refractivity contribution in [1.29, 1.82) is 0 Å². The largest absolute Gasteiger partial charge is 0.345 e. The maximum absolute atomic E-state index is 12.1. The average molecular weight is 293 g/mol. The lowest BCUT2D eigenvalue weighted by molar-refractivity contribution is -0.127. The van der Waals surface area contributed by atoms with E-state index in [1.54, 1.807) is 11.2 Å². The molecule has 1 unspecified atom stereocenters. The summed E-state index contributed by atoms with van der Waals surface area (Å²) in [5.74, 6) is 1.01. The summed E-state index contributed by atoms with van der Waals surface area (Å²) >= 11 is 1.41. The van der Waals surface area contributed by atoms with Gasteiger partial charge in [-0.3, -0.25) is 4.79 Å². The number of amides is 1. The van der Waals surface area contributed by atoms with Gasteiger partial charge in [0.05, 0.1) is 12.1 Å². The Hall–Kier alpha value is -1.63. The minimum absolute atomic E-state index is 0.113. The summed E-state index contributed by atoms with van der Waals surface area (Å²) in [5, 5.41) is 0.762. The Morgan fingerprint density at radius 3 is 3.00 bits per heavy atom. The number of rotatable bonds is 6. The van der Waals surface area contributed by atoms with Gasteiger partial charge in [-0.05, 0) is 5.92 Å². The fraction of sp³-hybridized carbons (Fsp3) is 0.538. The molecule has 0 aliphatic carbocycles. The van der Waals surface area contributed by atoms with Crippen LogP contribution in [0.1, 0.15) is 20.3 Å². The van der Waals surface area contributed by atoms with Crippen LogP contribution in [-0.4, -0.2) is 50.1 Å². The van der Waals surface area contributed by atoms with Gasteiger partial charge < -0.3 is 9.88 Å². The van der Waals surface area contributed by atoms with Gasteiger partial charge in [-0.15, -0.1) is 0 Å². The number of aromatic amines is 1. The molecule has 2 rings (SSSR count). The quantitative estimate of drug-likeness (QED) is 0.651. The van der Waals surface area contributed by atoms with E-state index in [0.717, 1.165) is 23.5 Å². The van der Waals surface area contributed by atoms with E-state index >= 15 is 0 Å². The summed E-state index contributed by atoms with van der Waals surface area (Å²) in [6.07, 6.45) is 4.13. The number of aromatic nitrogens is 4. The minimum atomic E-state index is 0.113. The van der Waals surface area contributed by atoms with Crippen LogP contribution in [-0.2, 0) is 4.79 Å². The number of nitrogens with zero attached hydrogens (tertiary/aromatic N) is 4. The highest BCUT2D eigenvalue weighted by Crippen LogP contribution is 2.21. The van der Waals surface area contributed by atoms with Crippen LogP contribution in [0.5, 0.6) is 0 Å². The Morgan fingerprint density at radius 2 is 2.25 bits per heavy atom. The molecule has 2 aromatic rings. The maximum Gasteiger partial charge on any atom is 0.232 e. The fourth-order valence-corrected chi connectivity index (χ4v) is 2.69. The van der Waals surface area contributed by atoms with Crippen LogP contribution in [0.15, 0.2) is 17.7 Å². The van der Waals surface area contributed by atoms with Crippen molar-refractivity contribution >= 4 is 28.8 Å². The number of carbonyl (C=O) groups is 1. The standard InChI is InChI=1S/C13H19N5OS/c1-4-9(2)5-18(3)10(19)6-20-13-11-12(15-7-14-11)16-8-17-13/h7-9H,4-6H2,1-3H3,(H,14,15,16,17). The van der Waals surface area contributed by atoms with Gasteiger partial charge in [-0.1, -0.05) is 32.0 Å². The second kappa shape index (κ2) is 6.69. The first kappa shape index (κ1) is 14.8. The number of hydrogen-bond donors (Lipinski definition) is 1. The predicted molar refractivity (Wildman–Crippen MR) is 79.5 cm³/mol. The number of carbonyl (C=O) groups excluding carboxylic acids is 1. The maximum atomic E-state index is 12.1. The highest BCUT2D eigenvalue weighted by Gasteiger charge is 2.14. The minimum Gasteiger partial charge on any atom is -0.345 e. The molecule has 6 nitrogen and oxygen atoms in total. The van der Waals surface area contributed by atoms with Gasteiger partial charge in [0.1, 0.15) is 16.9 Å². The van der Waals surface area contributed by atoms with Crippen LogP contribution in [0.3, 0.4) is 0 Å². The van der Waals surface area contributed by atoms with Crippen molar-refractivity contribution in [2.75, 3.05) is 19.3 Å². The SMILES string of the molecule is CCC(C)CN(C)C(=O)CSc1ncnc2nc[nH]c12. The first-order valence-corrected chi connectivity index (χ1v) is 7.61.